The molecule has 0 spiro atoms. The molecule has 0 aliphatic carbocycles. The van der Waals surface area contributed by atoms with Crippen LogP contribution in [-0.4, -0.2) is 14.5 Å². The summed E-state index contributed by atoms with van der Waals surface area (Å²) in [5, 5.41) is 8.84. The Morgan fingerprint density at radius 3 is 2.53 bits per heavy atom. The Labute approximate surface area is 112 Å². The van der Waals surface area contributed by atoms with Crippen molar-refractivity contribution in [2.45, 2.75) is 24.8 Å². The quantitative estimate of drug-likeness (QED) is 0.852. The Bertz CT molecular complexity index is 654. The molecular weight excluding hydrogens is 267 g/mol. The van der Waals surface area contributed by atoms with Gasteiger partial charge in [-0.3, -0.25) is 0 Å². The molecule has 0 amide bonds. The van der Waals surface area contributed by atoms with Gasteiger partial charge in [0.15, 0.2) is 0 Å². The number of benzene rings is 1. The lowest BCUT2D eigenvalue weighted by Crippen LogP contribution is -2.37. The Hall–Kier alpha value is -1.89. The first-order valence-corrected chi connectivity index (χ1v) is 6.99. The van der Waals surface area contributed by atoms with E-state index in [0.29, 0.717) is 0 Å². The Kier molecular flexibility index (Phi) is 4.66. The molecule has 0 saturated heterocycles. The van der Waals surface area contributed by atoms with Gasteiger partial charge < -0.3 is 0 Å². The third-order valence-electron chi connectivity index (χ3n) is 2.51. The fourth-order valence-corrected chi connectivity index (χ4v) is 2.90. The van der Waals surface area contributed by atoms with Crippen LogP contribution in [0.2, 0.25) is 0 Å². The highest BCUT2D eigenvalue weighted by molar-refractivity contribution is 7.89. The number of sulfonamides is 1. The smallest absolute Gasteiger partial charge is 0.207 e. The first-order chi connectivity index (χ1) is 8.83. The second-order valence-electron chi connectivity index (χ2n) is 4.23. The van der Waals surface area contributed by atoms with Crippen molar-refractivity contribution >= 4 is 10.0 Å². The minimum absolute atomic E-state index is 0.126. The topological polar surface area (TPSA) is 70.0 Å². The highest BCUT2D eigenvalue weighted by Gasteiger charge is 2.25. The van der Waals surface area contributed by atoms with Crippen molar-refractivity contribution in [3.05, 3.63) is 29.6 Å². The van der Waals surface area contributed by atoms with Crippen molar-refractivity contribution in [2.75, 3.05) is 0 Å². The summed E-state index contributed by atoms with van der Waals surface area (Å²) < 4.78 is 39.9. The van der Waals surface area contributed by atoms with Crippen LogP contribution in [-0.2, 0) is 10.0 Å². The molecule has 19 heavy (non-hydrogen) atoms. The summed E-state index contributed by atoms with van der Waals surface area (Å²) in [7, 11) is -4.04. The molecule has 0 fully saturated rings. The number of halogens is 1. The van der Waals surface area contributed by atoms with Gasteiger partial charge in [0.05, 0.1) is 6.04 Å². The maximum atomic E-state index is 13.4. The van der Waals surface area contributed by atoms with Gasteiger partial charge in [-0.25, -0.2) is 12.8 Å². The number of nitriles is 1. The largest absolute Gasteiger partial charge is 0.243 e. The fraction of sp³-hybridized carbons (Fsp3) is 0.308. The minimum atomic E-state index is -4.04. The number of rotatable bonds is 4. The lowest BCUT2D eigenvalue weighted by molar-refractivity contribution is 0.517. The minimum Gasteiger partial charge on any atom is -0.207 e. The fourth-order valence-electron chi connectivity index (χ4n) is 1.43. The Morgan fingerprint density at radius 1 is 1.42 bits per heavy atom. The maximum absolute atomic E-state index is 13.4. The Balaban J connectivity index is 3.27. The van der Waals surface area contributed by atoms with E-state index in [2.05, 4.69) is 10.6 Å². The molecule has 4 nitrogen and oxygen atoms in total. The van der Waals surface area contributed by atoms with Gasteiger partial charge in [0.1, 0.15) is 22.3 Å². The zero-order valence-corrected chi connectivity index (χ0v) is 11.3. The van der Waals surface area contributed by atoms with E-state index in [0.717, 1.165) is 12.1 Å². The van der Waals surface area contributed by atoms with Crippen LogP contribution in [0.15, 0.2) is 23.1 Å². The normalized spacial score (nSPS) is 12.7. The predicted octanol–water partition coefficient (Wildman–Crippen LogP) is 1.63. The molecule has 0 aliphatic rings. The van der Waals surface area contributed by atoms with Crippen molar-refractivity contribution in [3.8, 4) is 18.4 Å². The summed E-state index contributed by atoms with van der Waals surface area (Å²) in [5.41, 5.74) is -0.519. The molecule has 0 radical (unpaired) electrons. The molecule has 0 aromatic heterocycles. The van der Waals surface area contributed by atoms with Crippen molar-refractivity contribution in [2.24, 2.45) is 5.92 Å². The van der Waals surface area contributed by atoms with Gasteiger partial charge in [-0.2, -0.15) is 9.98 Å². The molecular formula is C13H13FN2O2S. The van der Waals surface area contributed by atoms with Crippen LogP contribution < -0.4 is 4.72 Å². The zero-order chi connectivity index (χ0) is 14.6. The highest BCUT2D eigenvalue weighted by Crippen LogP contribution is 2.18. The lowest BCUT2D eigenvalue weighted by atomic mass is 10.1. The SMILES string of the molecule is C#CC(NS(=O)(=O)c1cccc(F)c1C#N)C(C)C. The highest BCUT2D eigenvalue weighted by atomic mass is 32.2. The number of nitrogens with zero attached hydrogens (tertiary/aromatic N) is 1. The molecule has 1 N–H and O–H groups in total. The predicted molar refractivity (Wildman–Crippen MR) is 68.9 cm³/mol. The van der Waals surface area contributed by atoms with Gasteiger partial charge in [0.25, 0.3) is 0 Å². The van der Waals surface area contributed by atoms with Crippen molar-refractivity contribution in [1.29, 1.82) is 5.26 Å². The second kappa shape index (κ2) is 5.83. The van der Waals surface area contributed by atoms with Gasteiger partial charge in [-0.1, -0.05) is 25.8 Å². The second-order valence-corrected chi connectivity index (χ2v) is 5.92. The third kappa shape index (κ3) is 3.31. The van der Waals surface area contributed by atoms with E-state index in [1.807, 2.05) is 0 Å². The molecule has 1 aromatic rings. The molecule has 100 valence electrons. The van der Waals surface area contributed by atoms with Gasteiger partial charge in [0.2, 0.25) is 10.0 Å². The average Bonchev–Trinajstić information content (AvgIpc) is 2.35. The van der Waals surface area contributed by atoms with E-state index in [9.17, 15) is 12.8 Å². The van der Waals surface area contributed by atoms with Crippen LogP contribution in [0.25, 0.3) is 0 Å². The van der Waals surface area contributed by atoms with E-state index in [-0.39, 0.29) is 5.92 Å². The van der Waals surface area contributed by atoms with Crippen LogP contribution >= 0.6 is 0 Å². The maximum Gasteiger partial charge on any atom is 0.243 e. The standard InChI is InChI=1S/C13H13FN2O2S/c1-4-12(9(2)3)16-19(17,18)13-7-5-6-11(14)10(13)8-15/h1,5-7,9,12,16H,2-3H3. The molecule has 0 bridgehead atoms. The average molecular weight is 280 g/mol. The summed E-state index contributed by atoms with van der Waals surface area (Å²) in [4.78, 5) is -0.407. The van der Waals surface area contributed by atoms with E-state index in [1.54, 1.807) is 19.9 Å². The van der Waals surface area contributed by atoms with Crippen LogP contribution in [0.3, 0.4) is 0 Å². The van der Waals surface area contributed by atoms with Crippen LogP contribution in [0, 0.1) is 35.4 Å². The van der Waals surface area contributed by atoms with Gasteiger partial charge >= 0.3 is 0 Å². The number of hydrogen-bond acceptors (Lipinski definition) is 3. The summed E-state index contributed by atoms with van der Waals surface area (Å²) >= 11 is 0. The molecule has 1 rings (SSSR count). The van der Waals surface area contributed by atoms with Crippen LogP contribution in [0.4, 0.5) is 4.39 Å². The molecule has 1 unspecified atom stereocenters. The molecule has 0 aliphatic heterocycles. The van der Waals surface area contributed by atoms with Crippen molar-refractivity contribution in [3.63, 3.8) is 0 Å². The van der Waals surface area contributed by atoms with E-state index >= 15 is 0 Å². The van der Waals surface area contributed by atoms with Crippen LogP contribution in [0.1, 0.15) is 19.4 Å². The first-order valence-electron chi connectivity index (χ1n) is 5.50. The summed E-state index contributed by atoms with van der Waals surface area (Å²) in [5.74, 6) is 1.30. The number of nitrogens with one attached hydrogen (secondary N) is 1. The van der Waals surface area contributed by atoms with Gasteiger partial charge in [-0.05, 0) is 18.1 Å². The van der Waals surface area contributed by atoms with E-state index in [4.69, 9.17) is 11.7 Å². The molecule has 1 atom stereocenters. The van der Waals surface area contributed by atoms with Gasteiger partial charge in [0, 0.05) is 0 Å². The molecule has 0 saturated carbocycles. The number of hydrogen-bond donors (Lipinski definition) is 1. The molecule has 6 heteroatoms. The number of terminal acetylenes is 1. The Morgan fingerprint density at radius 2 is 2.05 bits per heavy atom. The van der Waals surface area contributed by atoms with E-state index < -0.39 is 32.3 Å². The molecule has 1 aromatic carbocycles. The van der Waals surface area contributed by atoms with E-state index in [1.165, 1.54) is 6.07 Å². The third-order valence-corrected chi connectivity index (χ3v) is 3.99. The summed E-state index contributed by atoms with van der Waals surface area (Å²) in [6.07, 6.45) is 5.24. The summed E-state index contributed by atoms with van der Waals surface area (Å²) in [6, 6.07) is 4.24. The van der Waals surface area contributed by atoms with Crippen LogP contribution in [0.5, 0.6) is 0 Å². The zero-order valence-electron chi connectivity index (χ0n) is 10.5. The first kappa shape index (κ1) is 15.2. The monoisotopic (exact) mass is 280 g/mol. The molecule has 0 heterocycles. The lowest BCUT2D eigenvalue weighted by Gasteiger charge is -2.17. The van der Waals surface area contributed by atoms with Crippen molar-refractivity contribution in [1.82, 2.24) is 4.72 Å². The van der Waals surface area contributed by atoms with Gasteiger partial charge in [-0.15, -0.1) is 6.42 Å². The summed E-state index contributed by atoms with van der Waals surface area (Å²) in [6.45, 7) is 3.51. The van der Waals surface area contributed by atoms with Crippen molar-refractivity contribution < 1.29 is 12.8 Å².